The van der Waals surface area contributed by atoms with E-state index in [-0.39, 0.29) is 23.3 Å². The standard InChI is InChI=1S/C14H25NO2/c1-3-10(2)12(15)13(16)11-5-8-17-14(9-11)6-4-7-14/h10-12H,3-9,15H2,1-2H3. The maximum absolute atomic E-state index is 12.3. The maximum Gasteiger partial charge on any atom is 0.153 e. The first kappa shape index (κ1) is 13.0. The van der Waals surface area contributed by atoms with Gasteiger partial charge in [-0.15, -0.1) is 0 Å². The molecular weight excluding hydrogens is 214 g/mol. The lowest BCUT2D eigenvalue weighted by atomic mass is 9.70. The van der Waals surface area contributed by atoms with E-state index < -0.39 is 0 Å². The lowest BCUT2D eigenvalue weighted by molar-refractivity contribution is -0.156. The highest BCUT2D eigenvalue weighted by Crippen LogP contribution is 2.44. The van der Waals surface area contributed by atoms with E-state index in [1.807, 2.05) is 0 Å². The van der Waals surface area contributed by atoms with Gasteiger partial charge in [0.15, 0.2) is 5.78 Å². The van der Waals surface area contributed by atoms with Gasteiger partial charge in [-0.3, -0.25) is 4.79 Å². The summed E-state index contributed by atoms with van der Waals surface area (Å²) < 4.78 is 5.86. The minimum atomic E-state index is -0.278. The van der Waals surface area contributed by atoms with Crippen LogP contribution in [0.1, 0.15) is 52.4 Å². The van der Waals surface area contributed by atoms with Crippen LogP contribution in [0.4, 0.5) is 0 Å². The van der Waals surface area contributed by atoms with Gasteiger partial charge in [0.25, 0.3) is 0 Å². The predicted octanol–water partition coefficient (Wildman–Crippen LogP) is 2.28. The first-order valence-corrected chi connectivity index (χ1v) is 7.01. The average Bonchev–Trinajstić information content (AvgIpc) is 2.34. The molecule has 2 aliphatic rings. The topological polar surface area (TPSA) is 52.3 Å². The van der Waals surface area contributed by atoms with Crippen molar-refractivity contribution in [3.05, 3.63) is 0 Å². The van der Waals surface area contributed by atoms with E-state index in [4.69, 9.17) is 10.5 Å². The highest BCUT2D eigenvalue weighted by atomic mass is 16.5. The molecule has 2 rings (SSSR count). The van der Waals surface area contributed by atoms with Gasteiger partial charge in [-0.05, 0) is 38.0 Å². The van der Waals surface area contributed by atoms with Gasteiger partial charge in [0.1, 0.15) is 0 Å². The highest BCUT2D eigenvalue weighted by molar-refractivity contribution is 5.86. The van der Waals surface area contributed by atoms with Crippen LogP contribution in [0.15, 0.2) is 0 Å². The minimum Gasteiger partial charge on any atom is -0.375 e. The van der Waals surface area contributed by atoms with Gasteiger partial charge < -0.3 is 10.5 Å². The summed E-state index contributed by atoms with van der Waals surface area (Å²) in [6, 6.07) is -0.278. The van der Waals surface area contributed by atoms with Gasteiger partial charge in [-0.2, -0.15) is 0 Å². The van der Waals surface area contributed by atoms with Crippen molar-refractivity contribution in [2.75, 3.05) is 6.61 Å². The fraction of sp³-hybridized carbons (Fsp3) is 0.929. The zero-order chi connectivity index (χ0) is 12.5. The molecule has 3 atom stereocenters. The van der Waals surface area contributed by atoms with E-state index in [0.29, 0.717) is 5.92 Å². The molecule has 0 radical (unpaired) electrons. The van der Waals surface area contributed by atoms with Crippen LogP contribution in [0.2, 0.25) is 0 Å². The average molecular weight is 239 g/mol. The molecule has 0 aromatic rings. The molecular formula is C14H25NO2. The van der Waals surface area contributed by atoms with Crippen LogP contribution in [0.25, 0.3) is 0 Å². The monoisotopic (exact) mass is 239 g/mol. The first-order valence-electron chi connectivity index (χ1n) is 7.01. The Balaban J connectivity index is 1.94. The van der Waals surface area contributed by atoms with Crippen molar-refractivity contribution >= 4 is 5.78 Å². The van der Waals surface area contributed by atoms with Gasteiger partial charge >= 0.3 is 0 Å². The second kappa shape index (κ2) is 5.07. The third-order valence-corrected chi connectivity index (χ3v) is 4.75. The van der Waals surface area contributed by atoms with Crippen molar-refractivity contribution in [2.24, 2.45) is 17.6 Å². The van der Waals surface area contributed by atoms with Gasteiger partial charge in [-0.25, -0.2) is 0 Å². The molecule has 3 heteroatoms. The summed E-state index contributed by atoms with van der Waals surface area (Å²) in [5.41, 5.74) is 6.11. The Morgan fingerprint density at radius 2 is 2.24 bits per heavy atom. The lowest BCUT2D eigenvalue weighted by Gasteiger charge is -2.47. The molecule has 2 N–H and O–H groups in total. The number of nitrogens with two attached hydrogens (primary N) is 1. The van der Waals surface area contributed by atoms with Gasteiger partial charge in [-0.1, -0.05) is 20.3 Å². The Bertz CT molecular complexity index is 286. The zero-order valence-corrected chi connectivity index (χ0v) is 11.1. The molecule has 1 saturated heterocycles. The molecule has 3 nitrogen and oxygen atoms in total. The summed E-state index contributed by atoms with van der Waals surface area (Å²) in [6.07, 6.45) is 6.27. The molecule has 17 heavy (non-hydrogen) atoms. The fourth-order valence-corrected chi connectivity index (χ4v) is 3.00. The van der Waals surface area contributed by atoms with Crippen molar-refractivity contribution in [2.45, 2.75) is 64.0 Å². The SMILES string of the molecule is CCC(C)C(N)C(=O)C1CCOC2(CCC2)C1. The van der Waals surface area contributed by atoms with Gasteiger partial charge in [0.05, 0.1) is 11.6 Å². The lowest BCUT2D eigenvalue weighted by Crippen LogP contribution is -2.50. The van der Waals surface area contributed by atoms with E-state index in [2.05, 4.69) is 13.8 Å². The van der Waals surface area contributed by atoms with E-state index in [9.17, 15) is 4.79 Å². The molecule has 1 saturated carbocycles. The molecule has 2 fully saturated rings. The second-order valence-electron chi connectivity index (χ2n) is 5.89. The van der Waals surface area contributed by atoms with Crippen LogP contribution in [0.3, 0.4) is 0 Å². The quantitative estimate of drug-likeness (QED) is 0.819. The minimum absolute atomic E-state index is 0.0494. The van der Waals surface area contributed by atoms with Crippen LogP contribution < -0.4 is 5.73 Å². The molecule has 1 aliphatic heterocycles. The van der Waals surface area contributed by atoms with Crippen LogP contribution >= 0.6 is 0 Å². The molecule has 98 valence electrons. The number of ether oxygens (including phenoxy) is 1. The van der Waals surface area contributed by atoms with E-state index in [1.54, 1.807) is 0 Å². The number of hydrogen-bond acceptors (Lipinski definition) is 3. The number of carbonyl (C=O) groups excluding carboxylic acids is 1. The maximum atomic E-state index is 12.3. The summed E-state index contributed by atoms with van der Waals surface area (Å²) in [5, 5.41) is 0. The van der Waals surface area contributed by atoms with Crippen molar-refractivity contribution in [1.29, 1.82) is 0 Å². The van der Waals surface area contributed by atoms with Crippen molar-refractivity contribution in [3.63, 3.8) is 0 Å². The van der Waals surface area contributed by atoms with Gasteiger partial charge in [0.2, 0.25) is 0 Å². The second-order valence-corrected chi connectivity index (χ2v) is 5.89. The largest absolute Gasteiger partial charge is 0.375 e. The Labute approximate surface area is 104 Å². The first-order chi connectivity index (χ1) is 8.08. The smallest absolute Gasteiger partial charge is 0.153 e. The molecule has 1 heterocycles. The number of ketones is 1. The number of hydrogen-bond donors (Lipinski definition) is 1. The van der Waals surface area contributed by atoms with E-state index in [1.165, 1.54) is 6.42 Å². The van der Waals surface area contributed by atoms with Crippen molar-refractivity contribution in [1.82, 2.24) is 0 Å². The number of Topliss-reactive ketones (excluding diaryl/α,β-unsaturated/α-hetero) is 1. The molecule has 1 aliphatic carbocycles. The van der Waals surface area contributed by atoms with Crippen LogP contribution in [0.5, 0.6) is 0 Å². The fourth-order valence-electron chi connectivity index (χ4n) is 3.00. The molecule has 0 aromatic carbocycles. The third-order valence-electron chi connectivity index (χ3n) is 4.75. The highest BCUT2D eigenvalue weighted by Gasteiger charge is 2.45. The van der Waals surface area contributed by atoms with E-state index in [0.717, 1.165) is 38.7 Å². The van der Waals surface area contributed by atoms with Crippen LogP contribution in [0, 0.1) is 11.8 Å². The Hall–Kier alpha value is -0.410. The third kappa shape index (κ3) is 2.55. The normalized spacial score (nSPS) is 30.6. The van der Waals surface area contributed by atoms with Crippen LogP contribution in [-0.4, -0.2) is 24.0 Å². The Morgan fingerprint density at radius 3 is 2.76 bits per heavy atom. The summed E-state index contributed by atoms with van der Waals surface area (Å²) in [4.78, 5) is 12.3. The zero-order valence-electron chi connectivity index (χ0n) is 11.1. The molecule has 0 aromatic heterocycles. The predicted molar refractivity (Wildman–Crippen MR) is 67.7 cm³/mol. The number of rotatable bonds is 4. The molecule has 1 spiro atoms. The van der Waals surface area contributed by atoms with Crippen molar-refractivity contribution in [3.8, 4) is 0 Å². The molecule has 0 amide bonds. The Morgan fingerprint density at radius 1 is 1.53 bits per heavy atom. The molecule has 0 bridgehead atoms. The molecule has 3 unspecified atom stereocenters. The summed E-state index contributed by atoms with van der Waals surface area (Å²) in [6.45, 7) is 4.90. The Kier molecular flexibility index (Phi) is 3.88. The van der Waals surface area contributed by atoms with Crippen molar-refractivity contribution < 1.29 is 9.53 Å². The van der Waals surface area contributed by atoms with E-state index >= 15 is 0 Å². The van der Waals surface area contributed by atoms with Gasteiger partial charge in [0, 0.05) is 12.5 Å². The summed E-state index contributed by atoms with van der Waals surface area (Å²) in [7, 11) is 0. The summed E-state index contributed by atoms with van der Waals surface area (Å²) in [5.74, 6) is 0.713. The summed E-state index contributed by atoms with van der Waals surface area (Å²) >= 11 is 0. The number of carbonyl (C=O) groups is 1. The van der Waals surface area contributed by atoms with Crippen LogP contribution in [-0.2, 0) is 9.53 Å².